The highest BCUT2D eigenvalue weighted by atomic mass is 16.5. The maximum Gasteiger partial charge on any atom is 0.303 e. The van der Waals surface area contributed by atoms with E-state index in [4.69, 9.17) is 14.3 Å². The number of carboxylic acid groups (broad SMARTS) is 1. The Morgan fingerprint density at radius 2 is 2.05 bits per heavy atom. The Morgan fingerprint density at radius 1 is 1.18 bits per heavy atom. The van der Waals surface area contributed by atoms with Gasteiger partial charge in [0.15, 0.2) is 0 Å². The van der Waals surface area contributed by atoms with Gasteiger partial charge in [0, 0.05) is 12.0 Å². The fraction of sp³-hybridized carbons (Fsp3) is 0.167. The van der Waals surface area contributed by atoms with Gasteiger partial charge in [-0.05, 0) is 52.9 Å². The second-order valence-corrected chi connectivity index (χ2v) is 5.09. The van der Waals surface area contributed by atoms with E-state index in [9.17, 15) is 4.79 Å². The van der Waals surface area contributed by atoms with E-state index in [2.05, 4.69) is 0 Å². The highest BCUT2D eigenvalue weighted by molar-refractivity contribution is 5.85. The number of rotatable bonds is 5. The molecule has 22 heavy (non-hydrogen) atoms. The van der Waals surface area contributed by atoms with Crippen molar-refractivity contribution < 1.29 is 19.1 Å². The summed E-state index contributed by atoms with van der Waals surface area (Å²) in [7, 11) is 1.63. The van der Waals surface area contributed by atoms with Crippen LogP contribution < -0.4 is 4.74 Å². The van der Waals surface area contributed by atoms with Crippen LogP contribution in [0.1, 0.15) is 12.0 Å². The molecule has 1 aliphatic heterocycles. The Morgan fingerprint density at radius 3 is 2.82 bits per heavy atom. The molecule has 4 heteroatoms. The first kappa shape index (κ1) is 14.2. The quantitative estimate of drug-likeness (QED) is 0.770. The molecule has 0 amide bonds. The van der Waals surface area contributed by atoms with Crippen molar-refractivity contribution in [1.29, 1.82) is 0 Å². The number of hydrogen-bond acceptors (Lipinski definition) is 3. The van der Waals surface area contributed by atoms with Crippen LogP contribution in [-0.2, 0) is 11.2 Å². The van der Waals surface area contributed by atoms with E-state index in [1.165, 1.54) is 0 Å². The zero-order valence-corrected chi connectivity index (χ0v) is 12.2. The van der Waals surface area contributed by atoms with Crippen molar-refractivity contribution in [3.05, 3.63) is 54.5 Å². The monoisotopic (exact) mass is 296 g/mol. The Labute approximate surface area is 128 Å². The van der Waals surface area contributed by atoms with Crippen molar-refractivity contribution in [2.75, 3.05) is 7.11 Å². The predicted octanol–water partition coefficient (Wildman–Crippen LogP) is 4.08. The van der Waals surface area contributed by atoms with Gasteiger partial charge < -0.3 is 14.3 Å². The van der Waals surface area contributed by atoms with Crippen molar-refractivity contribution in [2.45, 2.75) is 12.8 Å². The maximum absolute atomic E-state index is 10.9. The predicted molar refractivity (Wildman–Crippen MR) is 83.3 cm³/mol. The number of methoxy groups -OCH3 is 1. The topological polar surface area (TPSA) is 59.7 Å². The molecule has 2 aliphatic rings. The molecule has 0 atom stereocenters. The van der Waals surface area contributed by atoms with Crippen molar-refractivity contribution >= 4 is 5.97 Å². The van der Waals surface area contributed by atoms with E-state index >= 15 is 0 Å². The minimum Gasteiger partial charge on any atom is -0.497 e. The third-order valence-corrected chi connectivity index (χ3v) is 3.74. The summed E-state index contributed by atoms with van der Waals surface area (Å²) >= 11 is 0. The number of fused-ring (bicyclic) bond motifs is 1. The van der Waals surface area contributed by atoms with E-state index in [0.29, 0.717) is 6.42 Å². The zero-order chi connectivity index (χ0) is 15.5. The lowest BCUT2D eigenvalue weighted by Gasteiger charge is -2.07. The van der Waals surface area contributed by atoms with Gasteiger partial charge in [-0.1, -0.05) is 12.1 Å². The number of carbonyl (C=O) groups is 1. The molecule has 4 nitrogen and oxygen atoms in total. The smallest absolute Gasteiger partial charge is 0.303 e. The lowest BCUT2D eigenvalue weighted by Crippen LogP contribution is -1.98. The van der Waals surface area contributed by atoms with Gasteiger partial charge in [0.05, 0.1) is 19.6 Å². The largest absolute Gasteiger partial charge is 0.497 e. The van der Waals surface area contributed by atoms with Crippen LogP contribution in [0, 0.1) is 0 Å². The van der Waals surface area contributed by atoms with Crippen molar-refractivity contribution in [2.24, 2.45) is 0 Å². The summed E-state index contributed by atoms with van der Waals surface area (Å²) in [5.74, 6) is -0.0248. The zero-order valence-electron chi connectivity index (χ0n) is 12.2. The average molecular weight is 296 g/mol. The molecule has 0 saturated carbocycles. The minimum absolute atomic E-state index is 0.0993. The van der Waals surface area contributed by atoms with Crippen LogP contribution in [0.3, 0.4) is 0 Å². The van der Waals surface area contributed by atoms with Gasteiger partial charge in [-0.25, -0.2) is 0 Å². The molecule has 1 heterocycles. The Balaban J connectivity index is 2.12. The highest BCUT2D eigenvalue weighted by Crippen LogP contribution is 2.39. The summed E-state index contributed by atoms with van der Waals surface area (Å²) < 4.78 is 10.5. The lowest BCUT2D eigenvalue weighted by atomic mass is 9.99. The van der Waals surface area contributed by atoms with E-state index in [1.807, 2.05) is 36.4 Å². The lowest BCUT2D eigenvalue weighted by molar-refractivity contribution is -0.136. The Kier molecular flexibility index (Phi) is 3.83. The first-order chi connectivity index (χ1) is 10.7. The number of hydrogen-bond donors (Lipinski definition) is 1. The van der Waals surface area contributed by atoms with Gasteiger partial charge >= 0.3 is 5.97 Å². The van der Waals surface area contributed by atoms with Crippen LogP contribution in [0.5, 0.6) is 5.75 Å². The molecule has 112 valence electrons. The molecular weight excluding hydrogens is 280 g/mol. The van der Waals surface area contributed by atoms with Crippen molar-refractivity contribution in [3.63, 3.8) is 0 Å². The summed E-state index contributed by atoms with van der Waals surface area (Å²) in [6, 6.07) is 11.7. The molecule has 0 bridgehead atoms. The summed E-state index contributed by atoms with van der Waals surface area (Å²) in [5.41, 5.74) is 5.07. The number of carboxylic acids is 1. The molecule has 1 aromatic rings. The summed E-state index contributed by atoms with van der Waals surface area (Å²) in [6.45, 7) is 0. The first-order valence-electron chi connectivity index (χ1n) is 7.03. The molecule has 1 aromatic carbocycles. The molecule has 1 aliphatic carbocycles. The minimum atomic E-state index is -0.799. The van der Waals surface area contributed by atoms with Crippen LogP contribution in [0.2, 0.25) is 0 Å². The normalized spacial score (nSPS) is 10.8. The van der Waals surface area contributed by atoms with Gasteiger partial charge in [0.25, 0.3) is 0 Å². The average Bonchev–Trinajstić information content (AvgIpc) is 2.91. The first-order valence-corrected chi connectivity index (χ1v) is 7.03. The van der Waals surface area contributed by atoms with Crippen LogP contribution >= 0.6 is 0 Å². The molecule has 0 unspecified atom stereocenters. The standard InChI is InChI=1S/C18H16O4/c1-21-14-4-2-3-12(9-14)17-10-13-11-22-8-7-15(13)16(17)5-6-18(19)20/h2-4,7-11H,5-6H2,1H3,(H,19,20). The number of aliphatic carboxylic acids is 1. The van der Waals surface area contributed by atoms with E-state index in [1.54, 1.807) is 19.6 Å². The van der Waals surface area contributed by atoms with Crippen LogP contribution in [0.15, 0.2) is 53.3 Å². The molecule has 0 saturated heterocycles. The van der Waals surface area contributed by atoms with Crippen LogP contribution in [0.25, 0.3) is 22.3 Å². The van der Waals surface area contributed by atoms with E-state index < -0.39 is 5.97 Å². The molecular formula is C18H16O4. The van der Waals surface area contributed by atoms with Gasteiger partial charge in [0.1, 0.15) is 5.75 Å². The Hall–Kier alpha value is -2.75. The molecule has 0 radical (unpaired) electrons. The van der Waals surface area contributed by atoms with E-state index in [0.717, 1.165) is 33.6 Å². The molecule has 1 N–H and O–H groups in total. The van der Waals surface area contributed by atoms with Gasteiger partial charge in [-0.15, -0.1) is 0 Å². The third kappa shape index (κ3) is 2.68. The third-order valence-electron chi connectivity index (χ3n) is 3.74. The molecule has 0 fully saturated rings. The summed E-state index contributed by atoms with van der Waals surface area (Å²) in [6.07, 6.45) is 3.88. The highest BCUT2D eigenvalue weighted by Gasteiger charge is 2.18. The fourth-order valence-electron chi connectivity index (χ4n) is 2.70. The summed E-state index contributed by atoms with van der Waals surface area (Å²) in [4.78, 5) is 10.9. The number of benzene rings is 1. The molecule has 3 rings (SSSR count). The molecule has 0 aromatic heterocycles. The molecule has 0 spiro atoms. The van der Waals surface area contributed by atoms with Gasteiger partial charge in [0.2, 0.25) is 0 Å². The van der Waals surface area contributed by atoms with Crippen molar-refractivity contribution in [3.8, 4) is 28.0 Å². The second kappa shape index (κ2) is 5.93. The SMILES string of the molecule is COc1cccc(-c2cc3coccc-3c2CCC(=O)O)c1. The van der Waals surface area contributed by atoms with Crippen LogP contribution in [-0.4, -0.2) is 18.2 Å². The second-order valence-electron chi connectivity index (χ2n) is 5.09. The van der Waals surface area contributed by atoms with E-state index in [-0.39, 0.29) is 6.42 Å². The van der Waals surface area contributed by atoms with Crippen LogP contribution in [0.4, 0.5) is 0 Å². The van der Waals surface area contributed by atoms with Crippen molar-refractivity contribution in [1.82, 2.24) is 0 Å². The van der Waals surface area contributed by atoms with Gasteiger partial charge in [-0.3, -0.25) is 4.79 Å². The number of ether oxygens (including phenoxy) is 1. The Bertz CT molecular complexity index is 772. The van der Waals surface area contributed by atoms with Gasteiger partial charge in [-0.2, -0.15) is 0 Å². The maximum atomic E-state index is 10.9. The fourth-order valence-corrected chi connectivity index (χ4v) is 2.70. The summed E-state index contributed by atoms with van der Waals surface area (Å²) in [5, 5.41) is 8.99.